The summed E-state index contributed by atoms with van der Waals surface area (Å²) in [6.07, 6.45) is 13.7. The fourth-order valence-corrected chi connectivity index (χ4v) is 3.72. The summed E-state index contributed by atoms with van der Waals surface area (Å²) in [6.45, 7) is 7.93. The Bertz CT molecular complexity index is 1200. The molecule has 0 bridgehead atoms. The summed E-state index contributed by atoms with van der Waals surface area (Å²) >= 11 is 0. The minimum Gasteiger partial charge on any atom is -0.464 e. The summed E-state index contributed by atoms with van der Waals surface area (Å²) in [5, 5.41) is 0. The van der Waals surface area contributed by atoms with Gasteiger partial charge in [-0.1, -0.05) is 51.0 Å². The number of hydrogen-bond acceptors (Lipinski definition) is 9. The van der Waals surface area contributed by atoms with Gasteiger partial charge in [0.15, 0.2) is 12.0 Å². The maximum Gasteiger partial charge on any atom is 0.750 e. The van der Waals surface area contributed by atoms with E-state index in [2.05, 4.69) is 31.7 Å². The van der Waals surface area contributed by atoms with Crippen LogP contribution in [0.25, 0.3) is 0 Å². The summed E-state index contributed by atoms with van der Waals surface area (Å²) in [5.41, 5.74) is 4.73. The van der Waals surface area contributed by atoms with Gasteiger partial charge in [0.05, 0.1) is 6.61 Å². The van der Waals surface area contributed by atoms with Gasteiger partial charge in [0.2, 0.25) is 0 Å². The fourth-order valence-electron chi connectivity index (χ4n) is 3.10. The van der Waals surface area contributed by atoms with Crippen LogP contribution >= 0.6 is 8.25 Å². The molecular formula is C27H37N3O8P+. The molecule has 212 valence electrons. The summed E-state index contributed by atoms with van der Waals surface area (Å²) < 4.78 is 34.0. The molecule has 1 aromatic carbocycles. The van der Waals surface area contributed by atoms with Gasteiger partial charge in [0, 0.05) is 16.3 Å². The number of para-hydroxylation sites is 1. The Balaban J connectivity index is 0.000000461. The first-order chi connectivity index (χ1) is 18.6. The van der Waals surface area contributed by atoms with Crippen LogP contribution in [0.3, 0.4) is 0 Å². The summed E-state index contributed by atoms with van der Waals surface area (Å²) in [4.78, 5) is 36.4. The first kappa shape index (κ1) is 33.5. The first-order valence-electron chi connectivity index (χ1n) is 12.4. The van der Waals surface area contributed by atoms with Gasteiger partial charge in [-0.25, -0.2) is 9.32 Å². The number of aryl methyl sites for hydroxylation is 1. The Morgan fingerprint density at radius 1 is 1.18 bits per heavy atom. The minimum absolute atomic E-state index is 0.00607. The van der Waals surface area contributed by atoms with Crippen LogP contribution in [0.15, 0.2) is 58.3 Å². The van der Waals surface area contributed by atoms with Crippen molar-refractivity contribution in [2.24, 2.45) is 11.7 Å². The second-order valence-electron chi connectivity index (χ2n) is 8.45. The second kappa shape index (κ2) is 17.9. The molecule has 4 unspecified atom stereocenters. The molecule has 0 saturated heterocycles. The Labute approximate surface area is 229 Å². The fraction of sp³-hybridized carbons (Fsp3) is 0.444. The molecule has 1 aromatic heterocycles. The van der Waals surface area contributed by atoms with E-state index in [4.69, 9.17) is 24.3 Å². The van der Waals surface area contributed by atoms with E-state index in [0.717, 1.165) is 12.8 Å². The van der Waals surface area contributed by atoms with Crippen molar-refractivity contribution in [1.29, 1.82) is 0 Å². The molecule has 3 rings (SSSR count). The van der Waals surface area contributed by atoms with Crippen LogP contribution in [0.2, 0.25) is 0 Å². The molecule has 11 nitrogen and oxygen atoms in total. The van der Waals surface area contributed by atoms with Crippen molar-refractivity contribution < 1.29 is 27.9 Å². The zero-order chi connectivity index (χ0) is 29.4. The van der Waals surface area contributed by atoms with Crippen LogP contribution in [0, 0.1) is 25.7 Å². The molecule has 0 radical (unpaired) electrons. The van der Waals surface area contributed by atoms with Crippen molar-refractivity contribution in [1.82, 2.24) is 9.55 Å². The van der Waals surface area contributed by atoms with Crippen LogP contribution in [0.4, 0.5) is 0 Å². The molecule has 1 aliphatic heterocycles. The van der Waals surface area contributed by atoms with Gasteiger partial charge in [-0.05, 0) is 38.0 Å². The average Bonchev–Trinajstić information content (AvgIpc) is 3.41. The lowest BCUT2D eigenvalue weighted by molar-refractivity contribution is -0.146. The predicted molar refractivity (Wildman–Crippen MR) is 148 cm³/mol. The number of nitrogens with one attached hydrogen (secondary N) is 1. The minimum atomic E-state index is -2.34. The van der Waals surface area contributed by atoms with E-state index in [1.165, 1.54) is 10.8 Å². The van der Waals surface area contributed by atoms with Crippen molar-refractivity contribution in [3.05, 3.63) is 75.1 Å². The number of ether oxygens (including phenoxy) is 2. The number of benzene rings is 1. The molecule has 0 amide bonds. The van der Waals surface area contributed by atoms with Gasteiger partial charge in [-0.3, -0.25) is 19.1 Å². The number of rotatable bonds is 11. The van der Waals surface area contributed by atoms with Gasteiger partial charge in [-0.15, -0.1) is 17.4 Å². The summed E-state index contributed by atoms with van der Waals surface area (Å²) in [5.74, 6) is 0.620. The van der Waals surface area contributed by atoms with Gasteiger partial charge in [0.25, 0.3) is 5.56 Å². The third-order valence-corrected chi connectivity index (χ3v) is 6.20. The van der Waals surface area contributed by atoms with Crippen molar-refractivity contribution in [3.63, 3.8) is 0 Å². The molecule has 4 atom stereocenters. The molecule has 3 N–H and O–H groups in total. The van der Waals surface area contributed by atoms with Crippen molar-refractivity contribution in [2.45, 2.75) is 58.9 Å². The number of carbonyl (C=O) groups excluding carboxylic acids is 1. The zero-order valence-electron chi connectivity index (χ0n) is 22.6. The molecule has 0 fully saturated rings. The molecule has 0 saturated carbocycles. The lowest BCUT2D eigenvalue weighted by Gasteiger charge is -2.14. The van der Waals surface area contributed by atoms with Crippen LogP contribution in [0.1, 0.15) is 45.4 Å². The molecule has 0 spiro atoms. The lowest BCUT2D eigenvalue weighted by Crippen LogP contribution is -2.33. The lowest BCUT2D eigenvalue weighted by atomic mass is 10.1. The SMILES string of the molecule is C#C.CCC(CC)COC(=O)C(C)N.Cc1cn(C2C=CC(CO[P+](=O)Oc3ccccc3)O2)c(=O)[nH]c1=O. The van der Waals surface area contributed by atoms with Crippen LogP contribution in [-0.4, -0.2) is 40.9 Å². The third-order valence-electron chi connectivity index (χ3n) is 5.48. The molecular weight excluding hydrogens is 525 g/mol. The van der Waals surface area contributed by atoms with E-state index in [9.17, 15) is 18.9 Å². The van der Waals surface area contributed by atoms with E-state index in [1.54, 1.807) is 50.3 Å². The smallest absolute Gasteiger partial charge is 0.464 e. The molecule has 0 aliphatic carbocycles. The number of aromatic nitrogens is 2. The zero-order valence-corrected chi connectivity index (χ0v) is 23.5. The van der Waals surface area contributed by atoms with Crippen molar-refractivity contribution in [2.75, 3.05) is 13.2 Å². The van der Waals surface area contributed by atoms with E-state index < -0.39 is 37.9 Å². The largest absolute Gasteiger partial charge is 0.750 e. The van der Waals surface area contributed by atoms with E-state index in [1.807, 2.05) is 6.07 Å². The molecule has 12 heteroatoms. The highest BCUT2D eigenvalue weighted by molar-refractivity contribution is 7.33. The van der Waals surface area contributed by atoms with E-state index in [-0.39, 0.29) is 12.6 Å². The number of nitrogens with two attached hydrogens (primary N) is 1. The van der Waals surface area contributed by atoms with Crippen molar-refractivity contribution >= 4 is 14.2 Å². The van der Waals surface area contributed by atoms with Crippen molar-refractivity contribution in [3.8, 4) is 18.6 Å². The maximum atomic E-state index is 11.9. The standard InChI is InChI=1S/C16H15N2O6P.C9H19NO2.C2H2/c1-11-9-18(16(20)17-15(11)19)14-8-7-13(23-14)10-22-25(21)24-12-5-3-2-4-6-12;1-4-8(5-2)6-12-9(11)7(3)10;1-2/h2-9,13-14H,10H2,1H3;7-8H,4-6,10H2,1-3H3;1-2H/p+1. The summed E-state index contributed by atoms with van der Waals surface area (Å²) in [7, 11) is -2.34. The van der Waals surface area contributed by atoms with E-state index in [0.29, 0.717) is 23.8 Å². The Morgan fingerprint density at radius 2 is 1.82 bits per heavy atom. The molecule has 2 heterocycles. The van der Waals surface area contributed by atoms with Gasteiger partial charge in [0.1, 0.15) is 18.8 Å². The molecule has 1 aliphatic rings. The highest BCUT2D eigenvalue weighted by Crippen LogP contribution is 2.29. The Morgan fingerprint density at radius 3 is 2.41 bits per heavy atom. The monoisotopic (exact) mass is 562 g/mol. The highest BCUT2D eigenvalue weighted by atomic mass is 31.1. The van der Waals surface area contributed by atoms with Crippen LogP contribution in [-0.2, 0) is 23.4 Å². The second-order valence-corrected chi connectivity index (χ2v) is 9.34. The topological polar surface area (TPSA) is 152 Å². The number of aromatic amines is 1. The van der Waals surface area contributed by atoms with Crippen LogP contribution in [0.5, 0.6) is 5.75 Å². The van der Waals surface area contributed by atoms with E-state index >= 15 is 0 Å². The maximum absolute atomic E-state index is 11.9. The predicted octanol–water partition coefficient (Wildman–Crippen LogP) is 3.61. The first-order valence-corrected chi connectivity index (χ1v) is 13.5. The number of terminal acetylenes is 1. The Kier molecular flexibility index (Phi) is 15.3. The van der Waals surface area contributed by atoms with Gasteiger partial charge >= 0.3 is 19.9 Å². The Hall–Kier alpha value is -3.55. The summed E-state index contributed by atoms with van der Waals surface area (Å²) in [6, 6.07) is 8.18. The number of esters is 1. The quantitative estimate of drug-likeness (QED) is 0.181. The van der Waals surface area contributed by atoms with Crippen LogP contribution < -0.4 is 21.5 Å². The number of H-pyrrole nitrogens is 1. The van der Waals surface area contributed by atoms with Gasteiger partial charge in [-0.2, -0.15) is 0 Å². The third kappa shape index (κ3) is 11.8. The average molecular weight is 563 g/mol. The normalized spacial score (nSPS) is 16.8. The number of hydrogen-bond donors (Lipinski definition) is 2. The molecule has 2 aromatic rings. The number of carbonyl (C=O) groups is 1. The molecule has 39 heavy (non-hydrogen) atoms. The van der Waals surface area contributed by atoms with Gasteiger partial charge < -0.3 is 15.2 Å². The highest BCUT2D eigenvalue weighted by Gasteiger charge is 2.28. The number of nitrogens with zero attached hydrogens (tertiary/aromatic N) is 1.